The molecule has 3 amide bonds. The molecule has 7 heteroatoms. The Morgan fingerprint density at radius 2 is 1.73 bits per heavy atom. The lowest BCUT2D eigenvalue weighted by molar-refractivity contribution is -0.119. The van der Waals surface area contributed by atoms with E-state index in [2.05, 4.69) is 17.6 Å². The molecular weight excluding hydrogens is 350 g/mol. The fourth-order valence-corrected chi connectivity index (χ4v) is 3.11. The Bertz CT molecular complexity index is 607. The summed E-state index contributed by atoms with van der Waals surface area (Å²) in [6, 6.07) is 6.02. The van der Waals surface area contributed by atoms with Gasteiger partial charge >= 0.3 is 0 Å². The van der Waals surface area contributed by atoms with Crippen LogP contribution >= 0.6 is 11.8 Å². The summed E-state index contributed by atoms with van der Waals surface area (Å²) in [7, 11) is 0. The minimum Gasteiger partial charge on any atom is -0.368 e. The van der Waals surface area contributed by atoms with Crippen LogP contribution in [0.3, 0.4) is 0 Å². The number of hydrogen-bond donors (Lipinski definition) is 3. The van der Waals surface area contributed by atoms with E-state index >= 15 is 0 Å². The van der Waals surface area contributed by atoms with Crippen molar-refractivity contribution in [2.75, 3.05) is 6.54 Å². The highest BCUT2D eigenvalue weighted by Gasteiger charge is 2.18. The SMILES string of the molecule is CCCCCCCCNC(=O)Sc1ccccc1C(=O)N[C@H](C)C(N)=O. The van der Waals surface area contributed by atoms with Crippen molar-refractivity contribution < 1.29 is 14.4 Å². The number of benzene rings is 1. The number of amides is 3. The summed E-state index contributed by atoms with van der Waals surface area (Å²) in [6.45, 7) is 4.33. The van der Waals surface area contributed by atoms with Gasteiger partial charge in [-0.3, -0.25) is 14.4 Å². The molecule has 0 unspecified atom stereocenters. The zero-order valence-electron chi connectivity index (χ0n) is 15.5. The molecule has 1 rings (SSSR count). The average Bonchev–Trinajstić information content (AvgIpc) is 2.61. The maximum absolute atomic E-state index is 12.3. The summed E-state index contributed by atoms with van der Waals surface area (Å²) in [5.74, 6) is -1.04. The van der Waals surface area contributed by atoms with Gasteiger partial charge in [0.05, 0.1) is 5.56 Å². The third-order valence-corrected chi connectivity index (χ3v) is 4.81. The molecule has 4 N–H and O–H groups in total. The van der Waals surface area contributed by atoms with Crippen LogP contribution < -0.4 is 16.4 Å². The number of nitrogens with one attached hydrogen (secondary N) is 2. The predicted molar refractivity (Wildman–Crippen MR) is 105 cm³/mol. The lowest BCUT2D eigenvalue weighted by Gasteiger charge is -2.12. The number of nitrogens with two attached hydrogens (primary N) is 1. The molecule has 144 valence electrons. The van der Waals surface area contributed by atoms with Crippen LogP contribution in [0, 0.1) is 0 Å². The van der Waals surface area contributed by atoms with E-state index in [1.165, 1.54) is 32.6 Å². The normalized spacial score (nSPS) is 11.6. The largest absolute Gasteiger partial charge is 0.368 e. The lowest BCUT2D eigenvalue weighted by atomic mass is 10.1. The Kier molecular flexibility index (Phi) is 10.5. The van der Waals surface area contributed by atoms with Crippen molar-refractivity contribution in [2.45, 2.75) is 63.3 Å². The van der Waals surface area contributed by atoms with Crippen LogP contribution in [0.4, 0.5) is 4.79 Å². The Labute approximate surface area is 159 Å². The highest BCUT2D eigenvalue weighted by Crippen LogP contribution is 2.23. The second-order valence-electron chi connectivity index (χ2n) is 6.18. The number of primary amides is 1. The molecule has 6 nitrogen and oxygen atoms in total. The molecule has 26 heavy (non-hydrogen) atoms. The summed E-state index contributed by atoms with van der Waals surface area (Å²) in [4.78, 5) is 36.0. The first-order chi connectivity index (χ1) is 12.5. The van der Waals surface area contributed by atoms with Crippen molar-refractivity contribution >= 4 is 28.8 Å². The van der Waals surface area contributed by atoms with Crippen LogP contribution in [0.2, 0.25) is 0 Å². The van der Waals surface area contributed by atoms with Gasteiger partial charge in [-0.05, 0) is 37.2 Å². The van der Waals surface area contributed by atoms with Gasteiger partial charge in [-0.25, -0.2) is 0 Å². The Hall–Kier alpha value is -2.02. The topological polar surface area (TPSA) is 101 Å². The monoisotopic (exact) mass is 379 g/mol. The zero-order chi connectivity index (χ0) is 19.4. The summed E-state index contributed by atoms with van der Waals surface area (Å²) >= 11 is 0.979. The molecule has 0 saturated heterocycles. The number of hydrogen-bond acceptors (Lipinski definition) is 4. The van der Waals surface area contributed by atoms with Gasteiger partial charge in [0.2, 0.25) is 5.91 Å². The Morgan fingerprint density at radius 3 is 2.42 bits per heavy atom. The first-order valence-corrected chi connectivity index (χ1v) is 9.92. The number of rotatable bonds is 11. The van der Waals surface area contributed by atoms with Crippen molar-refractivity contribution in [1.29, 1.82) is 0 Å². The van der Waals surface area contributed by atoms with Crippen molar-refractivity contribution in [2.24, 2.45) is 5.73 Å². The first-order valence-electron chi connectivity index (χ1n) is 9.10. The Balaban J connectivity index is 2.48. The summed E-state index contributed by atoms with van der Waals surface area (Å²) in [6.07, 6.45) is 6.97. The average molecular weight is 380 g/mol. The van der Waals surface area contributed by atoms with Crippen LogP contribution in [-0.2, 0) is 4.79 Å². The van der Waals surface area contributed by atoms with E-state index in [0.717, 1.165) is 24.6 Å². The van der Waals surface area contributed by atoms with E-state index < -0.39 is 17.9 Å². The summed E-state index contributed by atoms with van der Waals surface area (Å²) in [5, 5.41) is 5.20. The van der Waals surface area contributed by atoms with Crippen LogP contribution in [0.1, 0.15) is 62.7 Å². The van der Waals surface area contributed by atoms with Crippen molar-refractivity contribution in [3.63, 3.8) is 0 Å². The third-order valence-electron chi connectivity index (χ3n) is 3.91. The van der Waals surface area contributed by atoms with Gasteiger partial charge in [0, 0.05) is 11.4 Å². The number of carbonyl (C=O) groups is 3. The molecule has 0 saturated carbocycles. The molecule has 0 spiro atoms. The molecule has 1 aromatic carbocycles. The molecule has 0 radical (unpaired) electrons. The molecule has 0 aliphatic rings. The van der Waals surface area contributed by atoms with Gasteiger partial charge < -0.3 is 16.4 Å². The van der Waals surface area contributed by atoms with Crippen molar-refractivity contribution in [1.82, 2.24) is 10.6 Å². The minimum absolute atomic E-state index is 0.193. The van der Waals surface area contributed by atoms with E-state index in [4.69, 9.17) is 5.73 Å². The van der Waals surface area contributed by atoms with Crippen LogP contribution in [-0.4, -0.2) is 29.6 Å². The van der Waals surface area contributed by atoms with E-state index in [1.807, 2.05) is 0 Å². The smallest absolute Gasteiger partial charge is 0.283 e. The molecule has 0 heterocycles. The number of unbranched alkanes of at least 4 members (excludes halogenated alkanes) is 5. The van der Waals surface area contributed by atoms with Crippen LogP contribution in [0.25, 0.3) is 0 Å². The van der Waals surface area contributed by atoms with Gasteiger partial charge in [0.15, 0.2) is 0 Å². The van der Waals surface area contributed by atoms with Gasteiger partial charge in [0.1, 0.15) is 6.04 Å². The third kappa shape index (κ3) is 8.38. The maximum Gasteiger partial charge on any atom is 0.283 e. The molecule has 0 aromatic heterocycles. The fraction of sp³-hybridized carbons (Fsp3) is 0.526. The summed E-state index contributed by atoms with van der Waals surface area (Å²) in [5.41, 5.74) is 5.51. The minimum atomic E-state index is -0.776. The molecule has 1 aromatic rings. The maximum atomic E-state index is 12.3. The standard InChI is InChI=1S/C19H29N3O3S/c1-3-4-5-6-7-10-13-21-19(25)26-16-12-9-8-11-15(16)18(24)22-14(2)17(20)23/h8-9,11-12,14H,3-7,10,13H2,1-2H3,(H2,20,23)(H,21,25)(H,22,24)/t14-/m1/s1. The zero-order valence-corrected chi connectivity index (χ0v) is 16.4. The van der Waals surface area contributed by atoms with Gasteiger partial charge in [-0.1, -0.05) is 51.2 Å². The highest BCUT2D eigenvalue weighted by molar-refractivity contribution is 8.13. The number of carbonyl (C=O) groups excluding carboxylic acids is 3. The Morgan fingerprint density at radius 1 is 1.08 bits per heavy atom. The van der Waals surface area contributed by atoms with Crippen LogP contribution in [0.15, 0.2) is 29.2 Å². The fourth-order valence-electron chi connectivity index (χ4n) is 2.32. The van der Waals surface area contributed by atoms with Gasteiger partial charge in [0.25, 0.3) is 11.1 Å². The summed E-state index contributed by atoms with van der Waals surface area (Å²) < 4.78 is 0. The van der Waals surface area contributed by atoms with E-state index in [-0.39, 0.29) is 5.24 Å². The van der Waals surface area contributed by atoms with Crippen LogP contribution in [0.5, 0.6) is 0 Å². The molecule has 1 atom stereocenters. The lowest BCUT2D eigenvalue weighted by Crippen LogP contribution is -2.42. The first kappa shape index (κ1) is 22.0. The molecule has 0 aliphatic heterocycles. The van der Waals surface area contributed by atoms with E-state index in [9.17, 15) is 14.4 Å². The molecule has 0 aliphatic carbocycles. The molecule has 0 fully saturated rings. The quantitative estimate of drug-likeness (QED) is 0.405. The highest BCUT2D eigenvalue weighted by atomic mass is 32.2. The van der Waals surface area contributed by atoms with Gasteiger partial charge in [-0.2, -0.15) is 0 Å². The van der Waals surface area contributed by atoms with Crippen molar-refractivity contribution in [3.05, 3.63) is 29.8 Å². The molecular formula is C19H29N3O3S. The van der Waals surface area contributed by atoms with E-state index in [1.54, 1.807) is 24.3 Å². The van der Waals surface area contributed by atoms with Gasteiger partial charge in [-0.15, -0.1) is 0 Å². The second kappa shape index (κ2) is 12.4. The van der Waals surface area contributed by atoms with E-state index in [0.29, 0.717) is 17.0 Å². The number of thioether (sulfide) groups is 1. The predicted octanol–water partition coefficient (Wildman–Crippen LogP) is 3.45. The second-order valence-corrected chi connectivity index (χ2v) is 7.19. The van der Waals surface area contributed by atoms with Crippen molar-refractivity contribution in [3.8, 4) is 0 Å². The molecule has 0 bridgehead atoms.